The van der Waals surface area contributed by atoms with Gasteiger partial charge < -0.3 is 9.15 Å². The molecule has 4 aromatic rings. The third kappa shape index (κ3) is 5.11. The fourth-order valence-electron chi connectivity index (χ4n) is 3.73. The van der Waals surface area contributed by atoms with E-state index in [1.54, 1.807) is 39.8 Å². The molecule has 3 heterocycles. The second-order valence-corrected chi connectivity index (χ2v) is 8.27. The Hall–Kier alpha value is -3.93. The molecular weight excluding hydrogens is 468 g/mol. The van der Waals surface area contributed by atoms with Crippen LogP contribution in [0.5, 0.6) is 0 Å². The van der Waals surface area contributed by atoms with Gasteiger partial charge in [-0.15, -0.1) is 5.10 Å². The van der Waals surface area contributed by atoms with Crippen LogP contribution in [0.1, 0.15) is 5.76 Å². The van der Waals surface area contributed by atoms with Gasteiger partial charge in [-0.1, -0.05) is 30.3 Å². The lowest BCUT2D eigenvalue weighted by molar-refractivity contribution is -0.384. The molecule has 10 nitrogen and oxygen atoms in total. The van der Waals surface area contributed by atoms with E-state index in [0.29, 0.717) is 42.0 Å². The largest absolute Gasteiger partial charge is 0.455 e. The van der Waals surface area contributed by atoms with E-state index in [1.807, 2.05) is 30.3 Å². The van der Waals surface area contributed by atoms with Gasteiger partial charge in [-0.05, 0) is 36.5 Å². The van der Waals surface area contributed by atoms with Gasteiger partial charge in [0.2, 0.25) is 4.77 Å². The first-order valence-corrected chi connectivity index (χ1v) is 11.4. The molecule has 0 aliphatic carbocycles. The molecule has 5 rings (SSSR count). The normalized spacial score (nSPS) is 14.5. The van der Waals surface area contributed by atoms with E-state index < -0.39 is 4.92 Å². The van der Waals surface area contributed by atoms with Crippen LogP contribution in [0.15, 0.2) is 76.2 Å². The Balaban J connectivity index is 1.43. The van der Waals surface area contributed by atoms with E-state index in [4.69, 9.17) is 26.5 Å². The molecule has 0 amide bonds. The second-order valence-electron chi connectivity index (χ2n) is 7.91. The Morgan fingerprint density at radius 3 is 2.49 bits per heavy atom. The molecule has 1 fully saturated rings. The summed E-state index contributed by atoms with van der Waals surface area (Å²) >= 11 is 5.72. The highest BCUT2D eigenvalue weighted by Gasteiger charge is 2.17. The zero-order valence-corrected chi connectivity index (χ0v) is 19.5. The number of benzene rings is 2. The average Bonchev–Trinajstić information content (AvgIpc) is 3.49. The van der Waals surface area contributed by atoms with Crippen molar-refractivity contribution in [2.24, 2.45) is 5.10 Å². The van der Waals surface area contributed by atoms with Crippen LogP contribution in [0.2, 0.25) is 0 Å². The van der Waals surface area contributed by atoms with Gasteiger partial charge in [0.1, 0.15) is 11.5 Å². The lowest BCUT2D eigenvalue weighted by atomic mass is 10.1. The number of rotatable bonds is 7. The fourth-order valence-corrected chi connectivity index (χ4v) is 3.97. The van der Waals surface area contributed by atoms with Crippen molar-refractivity contribution < 1.29 is 14.1 Å². The SMILES string of the molecule is O=[N+]([O-])c1ccc(-c2ccc(/C=N\n3c(-c4ccccc4)nn(CN4CCOCC4)c3=S)o2)cc1. The van der Waals surface area contributed by atoms with Crippen molar-refractivity contribution >= 4 is 24.1 Å². The van der Waals surface area contributed by atoms with E-state index in [0.717, 1.165) is 24.2 Å². The average molecular weight is 491 g/mol. The molecular formula is C24H22N6O4S. The minimum atomic E-state index is -0.433. The zero-order chi connectivity index (χ0) is 24.2. The Bertz CT molecular complexity index is 1400. The van der Waals surface area contributed by atoms with Crippen molar-refractivity contribution in [2.45, 2.75) is 6.67 Å². The van der Waals surface area contributed by atoms with E-state index in [9.17, 15) is 10.1 Å². The molecule has 0 atom stereocenters. The second kappa shape index (κ2) is 10.1. The van der Waals surface area contributed by atoms with Crippen molar-refractivity contribution in [3.8, 4) is 22.7 Å². The Kier molecular flexibility index (Phi) is 6.62. The first-order chi connectivity index (χ1) is 17.1. The minimum Gasteiger partial charge on any atom is -0.455 e. The Labute approximate surface area is 205 Å². The molecule has 2 aromatic carbocycles. The maximum Gasteiger partial charge on any atom is 0.269 e. The fraction of sp³-hybridized carbons (Fsp3) is 0.208. The summed E-state index contributed by atoms with van der Waals surface area (Å²) < 4.78 is 15.2. The van der Waals surface area contributed by atoms with Crippen LogP contribution < -0.4 is 0 Å². The Morgan fingerprint density at radius 2 is 1.77 bits per heavy atom. The monoisotopic (exact) mass is 490 g/mol. The minimum absolute atomic E-state index is 0.0269. The van der Waals surface area contributed by atoms with Crippen molar-refractivity contribution in [2.75, 3.05) is 26.3 Å². The molecule has 0 spiro atoms. The van der Waals surface area contributed by atoms with Crippen LogP contribution in [-0.2, 0) is 11.4 Å². The van der Waals surface area contributed by atoms with E-state index in [1.165, 1.54) is 12.1 Å². The first kappa shape index (κ1) is 22.8. The standard InChI is InChI=1S/C24H22N6O4S/c31-30(32)20-8-6-18(7-9-20)22-11-10-21(34-22)16-25-29-23(19-4-2-1-3-5-19)26-28(24(29)35)17-27-12-14-33-15-13-27/h1-11,16H,12-15,17H2/b25-16-. The van der Waals surface area contributed by atoms with Gasteiger partial charge in [-0.3, -0.25) is 15.0 Å². The summed E-state index contributed by atoms with van der Waals surface area (Å²) in [6.45, 7) is 3.56. The summed E-state index contributed by atoms with van der Waals surface area (Å²) in [7, 11) is 0. The maximum absolute atomic E-state index is 10.9. The molecule has 1 aliphatic heterocycles. The van der Waals surface area contributed by atoms with Gasteiger partial charge in [0.05, 0.1) is 31.0 Å². The maximum atomic E-state index is 10.9. The van der Waals surface area contributed by atoms with Gasteiger partial charge in [-0.2, -0.15) is 9.78 Å². The van der Waals surface area contributed by atoms with Gasteiger partial charge >= 0.3 is 0 Å². The molecule has 0 radical (unpaired) electrons. The number of aromatic nitrogens is 3. The quantitative estimate of drug-likeness (QED) is 0.163. The lowest BCUT2D eigenvalue weighted by Crippen LogP contribution is -2.37. The molecule has 2 aromatic heterocycles. The lowest BCUT2D eigenvalue weighted by Gasteiger charge is -2.25. The first-order valence-electron chi connectivity index (χ1n) is 11.0. The molecule has 178 valence electrons. The number of furan rings is 1. The van der Waals surface area contributed by atoms with Gasteiger partial charge in [0, 0.05) is 36.3 Å². The molecule has 1 aliphatic rings. The van der Waals surface area contributed by atoms with Crippen molar-refractivity contribution in [3.05, 3.63) is 87.4 Å². The Morgan fingerprint density at radius 1 is 1.03 bits per heavy atom. The number of nitro groups is 1. The molecule has 0 N–H and O–H groups in total. The van der Waals surface area contributed by atoms with E-state index in [2.05, 4.69) is 10.0 Å². The molecule has 1 saturated heterocycles. The molecule has 0 unspecified atom stereocenters. The number of nitrogens with zero attached hydrogens (tertiary/aromatic N) is 6. The third-order valence-electron chi connectivity index (χ3n) is 5.58. The van der Waals surface area contributed by atoms with Crippen LogP contribution in [0.25, 0.3) is 22.7 Å². The van der Waals surface area contributed by atoms with Crippen molar-refractivity contribution in [1.82, 2.24) is 19.4 Å². The van der Waals surface area contributed by atoms with E-state index in [-0.39, 0.29) is 5.69 Å². The topological polar surface area (TPSA) is 104 Å². The van der Waals surface area contributed by atoms with Crippen LogP contribution >= 0.6 is 12.2 Å². The summed E-state index contributed by atoms with van der Waals surface area (Å²) in [6.07, 6.45) is 1.58. The van der Waals surface area contributed by atoms with E-state index >= 15 is 0 Å². The van der Waals surface area contributed by atoms with Gasteiger partial charge in [0.25, 0.3) is 5.69 Å². The molecule has 11 heteroatoms. The number of hydrogen-bond acceptors (Lipinski definition) is 8. The summed E-state index contributed by atoms with van der Waals surface area (Å²) in [5.41, 5.74) is 1.65. The van der Waals surface area contributed by atoms with Gasteiger partial charge in [-0.25, -0.2) is 4.68 Å². The highest BCUT2D eigenvalue weighted by Crippen LogP contribution is 2.24. The highest BCUT2D eigenvalue weighted by molar-refractivity contribution is 7.71. The number of ether oxygens (including phenoxy) is 1. The van der Waals surface area contributed by atoms with Crippen LogP contribution in [0.3, 0.4) is 0 Å². The van der Waals surface area contributed by atoms with Crippen LogP contribution in [0, 0.1) is 14.9 Å². The summed E-state index contributed by atoms with van der Waals surface area (Å²) in [4.78, 5) is 12.7. The van der Waals surface area contributed by atoms with Crippen LogP contribution in [-0.4, -0.2) is 56.8 Å². The van der Waals surface area contributed by atoms with Crippen molar-refractivity contribution in [1.29, 1.82) is 0 Å². The smallest absolute Gasteiger partial charge is 0.269 e. The number of hydrogen-bond donors (Lipinski definition) is 0. The summed E-state index contributed by atoms with van der Waals surface area (Å²) in [5, 5.41) is 20.2. The summed E-state index contributed by atoms with van der Waals surface area (Å²) in [5.74, 6) is 1.72. The van der Waals surface area contributed by atoms with Gasteiger partial charge in [0.15, 0.2) is 5.82 Å². The molecule has 0 saturated carbocycles. The molecule has 0 bridgehead atoms. The summed E-state index contributed by atoms with van der Waals surface area (Å²) in [6, 6.07) is 19.5. The zero-order valence-electron chi connectivity index (χ0n) is 18.7. The predicted octanol–water partition coefficient (Wildman–Crippen LogP) is 4.42. The number of nitro benzene ring substituents is 1. The van der Waals surface area contributed by atoms with Crippen molar-refractivity contribution in [3.63, 3.8) is 0 Å². The number of morpholine rings is 1. The third-order valence-corrected chi connectivity index (χ3v) is 5.96. The van der Waals surface area contributed by atoms with Crippen LogP contribution in [0.4, 0.5) is 5.69 Å². The highest BCUT2D eigenvalue weighted by atomic mass is 32.1. The molecule has 35 heavy (non-hydrogen) atoms. The number of non-ortho nitro benzene ring substituents is 1. The predicted molar refractivity (Wildman–Crippen MR) is 133 cm³/mol.